The van der Waals surface area contributed by atoms with Crippen LogP contribution < -0.4 is 4.74 Å². The van der Waals surface area contributed by atoms with Crippen molar-refractivity contribution in [1.82, 2.24) is 4.90 Å². The van der Waals surface area contributed by atoms with E-state index in [-0.39, 0.29) is 0 Å². The van der Waals surface area contributed by atoms with Gasteiger partial charge in [-0.3, -0.25) is 4.90 Å². The predicted octanol–water partition coefficient (Wildman–Crippen LogP) is 4.24. The summed E-state index contributed by atoms with van der Waals surface area (Å²) in [6, 6.07) is 10.1. The number of halogens is 3. The van der Waals surface area contributed by atoms with Crippen molar-refractivity contribution in [2.75, 3.05) is 7.05 Å². The molecule has 0 saturated carbocycles. The summed E-state index contributed by atoms with van der Waals surface area (Å²) in [6.45, 7) is 0. The highest BCUT2D eigenvalue weighted by Crippen LogP contribution is 2.40. The van der Waals surface area contributed by atoms with E-state index in [1.165, 1.54) is 19.2 Å². The minimum atomic E-state index is -4.39. The number of alkyl halides is 3. The number of likely N-dealkylation sites (N-methyl/N-ethyl adjacent to an activating group) is 1. The number of hydrogen-bond acceptors (Lipinski definition) is 2. The summed E-state index contributed by atoms with van der Waals surface area (Å²) in [5, 5.41) is 9.05. The molecule has 0 fully saturated rings. The highest BCUT2D eigenvalue weighted by Gasteiger charge is 2.32. The molecule has 126 valence electrons. The van der Waals surface area contributed by atoms with Crippen LogP contribution in [0.3, 0.4) is 0 Å². The van der Waals surface area contributed by atoms with Gasteiger partial charge in [-0.1, -0.05) is 30.3 Å². The Morgan fingerprint density at radius 3 is 2.46 bits per heavy atom. The largest absolute Gasteiger partial charge is 0.469 e. The van der Waals surface area contributed by atoms with Gasteiger partial charge in [0.1, 0.15) is 5.75 Å². The summed E-state index contributed by atoms with van der Waals surface area (Å²) in [6.07, 6.45) is -5.74. The Labute approximate surface area is 136 Å². The molecule has 0 aromatic heterocycles. The van der Waals surface area contributed by atoms with E-state index in [2.05, 4.69) is 0 Å². The number of para-hydroxylation sites is 1. The summed E-state index contributed by atoms with van der Waals surface area (Å²) in [7, 11) is 1.41. The van der Waals surface area contributed by atoms with Gasteiger partial charge in [0.25, 0.3) is 0 Å². The molecule has 1 aliphatic heterocycles. The fourth-order valence-electron chi connectivity index (χ4n) is 2.66. The maximum Gasteiger partial charge on any atom is 0.416 e. The number of hydrogen-bond donors (Lipinski definition) is 1. The number of amides is 1. The molecule has 0 spiro atoms. The first-order valence-corrected chi connectivity index (χ1v) is 7.19. The van der Waals surface area contributed by atoms with E-state index in [9.17, 15) is 18.0 Å². The van der Waals surface area contributed by atoms with E-state index < -0.39 is 24.1 Å². The highest BCUT2D eigenvalue weighted by molar-refractivity contribution is 5.73. The van der Waals surface area contributed by atoms with Gasteiger partial charge in [0.2, 0.25) is 0 Å². The van der Waals surface area contributed by atoms with E-state index in [1.54, 1.807) is 12.1 Å². The molecule has 24 heavy (non-hydrogen) atoms. The number of rotatable bonds is 2. The summed E-state index contributed by atoms with van der Waals surface area (Å²) < 4.78 is 43.8. The van der Waals surface area contributed by atoms with Crippen molar-refractivity contribution in [1.29, 1.82) is 0 Å². The first-order valence-electron chi connectivity index (χ1n) is 7.19. The second-order valence-electron chi connectivity index (χ2n) is 5.54. The fraction of sp³-hybridized carbons (Fsp3) is 0.235. The van der Waals surface area contributed by atoms with Gasteiger partial charge in [-0.15, -0.1) is 0 Å². The monoisotopic (exact) mass is 337 g/mol. The molecule has 2 aromatic carbocycles. The normalized spacial score (nSPS) is 16.4. The average Bonchev–Trinajstić information content (AvgIpc) is 2.97. The van der Waals surface area contributed by atoms with Crippen LogP contribution in [0.15, 0.2) is 42.5 Å². The lowest BCUT2D eigenvalue weighted by molar-refractivity contribution is -0.137. The summed E-state index contributed by atoms with van der Waals surface area (Å²) in [5.74, 6) is 0.510. The lowest BCUT2D eigenvalue weighted by atomic mass is 10.00. The Bertz CT molecular complexity index is 772. The molecule has 1 N–H and O–H groups in total. The molecule has 1 atom stereocenters. The number of nitrogens with zero attached hydrogens (tertiary/aromatic N) is 1. The molecule has 3 rings (SSSR count). The number of benzene rings is 2. The fourth-order valence-corrected chi connectivity index (χ4v) is 2.66. The number of carboxylic acid groups (broad SMARTS) is 1. The third-order valence-corrected chi connectivity index (χ3v) is 4.00. The molecular weight excluding hydrogens is 323 g/mol. The van der Waals surface area contributed by atoms with Gasteiger partial charge in [0, 0.05) is 24.6 Å². The molecule has 1 amide bonds. The highest BCUT2D eigenvalue weighted by atomic mass is 19.4. The quantitative estimate of drug-likeness (QED) is 0.891. The molecule has 0 saturated heterocycles. The molecular formula is C17H14F3NO3. The van der Waals surface area contributed by atoms with Gasteiger partial charge in [-0.2, -0.15) is 13.2 Å². The molecule has 0 bridgehead atoms. The van der Waals surface area contributed by atoms with Crippen molar-refractivity contribution in [3.05, 3.63) is 53.6 Å². The lowest BCUT2D eigenvalue weighted by Crippen LogP contribution is -2.38. The second kappa shape index (κ2) is 5.74. The molecule has 4 nitrogen and oxygen atoms in total. The van der Waals surface area contributed by atoms with Gasteiger partial charge in [0.05, 0.1) is 5.56 Å². The Morgan fingerprint density at radius 2 is 1.88 bits per heavy atom. The van der Waals surface area contributed by atoms with Gasteiger partial charge < -0.3 is 9.84 Å². The smallest absolute Gasteiger partial charge is 0.416 e. The van der Waals surface area contributed by atoms with E-state index in [4.69, 9.17) is 9.84 Å². The number of carbonyl (C=O) groups is 1. The molecule has 1 aliphatic rings. The van der Waals surface area contributed by atoms with E-state index >= 15 is 0 Å². The van der Waals surface area contributed by atoms with Crippen LogP contribution in [0.25, 0.3) is 11.1 Å². The average molecular weight is 337 g/mol. The van der Waals surface area contributed by atoms with Crippen LogP contribution >= 0.6 is 0 Å². The lowest BCUT2D eigenvalue weighted by Gasteiger charge is -2.21. The van der Waals surface area contributed by atoms with Crippen LogP contribution in [0.2, 0.25) is 0 Å². The summed E-state index contributed by atoms with van der Waals surface area (Å²) in [5.41, 5.74) is 1.33. The van der Waals surface area contributed by atoms with Crippen LogP contribution in [0, 0.1) is 0 Å². The zero-order valence-corrected chi connectivity index (χ0v) is 12.7. The first-order chi connectivity index (χ1) is 11.3. The van der Waals surface area contributed by atoms with E-state index in [0.717, 1.165) is 22.6 Å². The molecule has 1 unspecified atom stereocenters. The van der Waals surface area contributed by atoms with Crippen LogP contribution in [0.4, 0.5) is 18.0 Å². The molecule has 2 aromatic rings. The zero-order chi connectivity index (χ0) is 17.5. The van der Waals surface area contributed by atoms with E-state index in [1.807, 2.05) is 6.07 Å². The number of fused-ring (bicyclic) bond motifs is 1. The third kappa shape index (κ3) is 2.89. The zero-order valence-electron chi connectivity index (χ0n) is 12.7. The molecule has 0 aliphatic carbocycles. The Hall–Kier alpha value is -2.70. The summed E-state index contributed by atoms with van der Waals surface area (Å²) >= 11 is 0. The van der Waals surface area contributed by atoms with Crippen molar-refractivity contribution in [2.45, 2.75) is 18.8 Å². The first kappa shape index (κ1) is 16.2. The minimum absolute atomic E-state index is 0.395. The van der Waals surface area contributed by atoms with Gasteiger partial charge in [-0.25, -0.2) is 4.79 Å². The van der Waals surface area contributed by atoms with Crippen LogP contribution in [-0.4, -0.2) is 29.4 Å². The minimum Gasteiger partial charge on any atom is -0.469 e. The Balaban J connectivity index is 1.93. The van der Waals surface area contributed by atoms with Crippen molar-refractivity contribution in [3.63, 3.8) is 0 Å². The Kier molecular flexibility index (Phi) is 3.87. The van der Waals surface area contributed by atoms with Gasteiger partial charge in [0.15, 0.2) is 6.23 Å². The van der Waals surface area contributed by atoms with Crippen molar-refractivity contribution < 1.29 is 27.8 Å². The summed E-state index contributed by atoms with van der Waals surface area (Å²) in [4.78, 5) is 12.1. The van der Waals surface area contributed by atoms with Gasteiger partial charge >= 0.3 is 12.3 Å². The van der Waals surface area contributed by atoms with Crippen molar-refractivity contribution in [2.24, 2.45) is 0 Å². The van der Waals surface area contributed by atoms with Crippen LogP contribution in [-0.2, 0) is 12.6 Å². The second-order valence-corrected chi connectivity index (χ2v) is 5.54. The third-order valence-electron chi connectivity index (χ3n) is 4.00. The van der Waals surface area contributed by atoms with Gasteiger partial charge in [-0.05, 0) is 17.7 Å². The van der Waals surface area contributed by atoms with Crippen LogP contribution in [0.1, 0.15) is 11.1 Å². The SMILES string of the molecule is CN(C(=O)O)C1Cc2cccc(-c3ccc(C(F)(F)F)cc3)c2O1. The van der Waals surface area contributed by atoms with Crippen LogP contribution in [0.5, 0.6) is 5.75 Å². The maximum absolute atomic E-state index is 12.7. The molecule has 7 heteroatoms. The van der Waals surface area contributed by atoms with Crippen molar-refractivity contribution >= 4 is 6.09 Å². The van der Waals surface area contributed by atoms with E-state index in [0.29, 0.717) is 23.3 Å². The predicted molar refractivity (Wildman–Crippen MR) is 80.8 cm³/mol. The standard InChI is InChI=1S/C17H14F3NO3/c1-21(16(22)23)14-9-11-3-2-4-13(15(11)24-14)10-5-7-12(8-6-10)17(18,19)20/h2-8,14H,9H2,1H3,(H,22,23). The molecule has 0 radical (unpaired) electrons. The topological polar surface area (TPSA) is 49.8 Å². The molecule has 1 heterocycles. The van der Waals surface area contributed by atoms with Crippen molar-refractivity contribution in [3.8, 4) is 16.9 Å². The number of ether oxygens (including phenoxy) is 1. The Morgan fingerprint density at radius 1 is 1.21 bits per heavy atom. The maximum atomic E-state index is 12.7.